The number of carbonyl (C=O) groups excluding carboxylic acids is 3. The van der Waals surface area contributed by atoms with E-state index in [9.17, 15) is 22.8 Å². The van der Waals surface area contributed by atoms with E-state index in [0.29, 0.717) is 32.6 Å². The number of hydrogen-bond acceptors (Lipinski definition) is 7. The first-order chi connectivity index (χ1) is 13.3. The number of sulfonamides is 1. The quantitative estimate of drug-likeness (QED) is 0.606. The molecule has 28 heavy (non-hydrogen) atoms. The van der Waals surface area contributed by atoms with Gasteiger partial charge in [0.05, 0.1) is 12.7 Å². The molecule has 0 saturated carbocycles. The number of rotatable bonds is 6. The lowest BCUT2D eigenvalue weighted by Gasteiger charge is -2.34. The molecular formula is C17H23N3O6S2. The number of ether oxygens (including phenoxy) is 1. The highest BCUT2D eigenvalue weighted by atomic mass is 32.2. The van der Waals surface area contributed by atoms with Crippen LogP contribution in [0.15, 0.2) is 15.7 Å². The first-order valence-corrected chi connectivity index (χ1v) is 11.4. The van der Waals surface area contributed by atoms with Crippen molar-refractivity contribution in [2.45, 2.75) is 23.5 Å². The molecule has 0 bridgehead atoms. The molecule has 3 rings (SSSR count). The molecule has 1 aromatic heterocycles. The number of esters is 1. The van der Waals surface area contributed by atoms with Crippen LogP contribution in [-0.4, -0.2) is 86.7 Å². The van der Waals surface area contributed by atoms with Crippen molar-refractivity contribution in [2.24, 2.45) is 0 Å². The number of piperazine rings is 1. The SMILES string of the molecule is COC(=O)c1csc(S(=O)(=O)N2CCN(C(=O)CCN3CCCC3=O)CC2)c1. The maximum atomic E-state index is 12.8. The van der Waals surface area contributed by atoms with Gasteiger partial charge in [0.25, 0.3) is 10.0 Å². The van der Waals surface area contributed by atoms with Gasteiger partial charge in [-0.2, -0.15) is 4.31 Å². The standard InChI is InChI=1S/C17H23N3O6S2/c1-26-17(23)13-11-16(27-12-13)28(24,25)20-9-7-19(8-10-20)15(22)4-6-18-5-2-3-14(18)21/h11-12H,2-10H2,1H3. The molecule has 0 spiro atoms. The Hall–Kier alpha value is -1.98. The van der Waals surface area contributed by atoms with Crippen molar-refractivity contribution in [3.05, 3.63) is 17.0 Å². The lowest BCUT2D eigenvalue weighted by Crippen LogP contribution is -2.50. The fourth-order valence-electron chi connectivity index (χ4n) is 3.31. The summed E-state index contributed by atoms with van der Waals surface area (Å²) >= 11 is 0.975. The zero-order valence-corrected chi connectivity index (χ0v) is 17.3. The summed E-state index contributed by atoms with van der Waals surface area (Å²) in [5, 5.41) is 1.46. The third kappa shape index (κ3) is 4.36. The summed E-state index contributed by atoms with van der Waals surface area (Å²) in [5.74, 6) is -0.559. The summed E-state index contributed by atoms with van der Waals surface area (Å²) in [6, 6.07) is 1.32. The monoisotopic (exact) mass is 429 g/mol. The van der Waals surface area contributed by atoms with Crippen molar-refractivity contribution < 1.29 is 27.5 Å². The Kier molecular flexibility index (Phi) is 6.36. The minimum Gasteiger partial charge on any atom is -0.465 e. The Morgan fingerprint density at radius 1 is 1.18 bits per heavy atom. The second-order valence-electron chi connectivity index (χ2n) is 6.67. The number of hydrogen-bond donors (Lipinski definition) is 0. The van der Waals surface area contributed by atoms with Crippen LogP contribution >= 0.6 is 11.3 Å². The zero-order chi connectivity index (χ0) is 20.3. The Morgan fingerprint density at radius 2 is 1.89 bits per heavy atom. The summed E-state index contributed by atoms with van der Waals surface area (Å²) in [7, 11) is -2.47. The molecule has 0 aliphatic carbocycles. The van der Waals surface area contributed by atoms with E-state index in [4.69, 9.17) is 0 Å². The molecular weight excluding hydrogens is 406 g/mol. The van der Waals surface area contributed by atoms with Crippen LogP contribution < -0.4 is 0 Å². The van der Waals surface area contributed by atoms with Crippen LogP contribution in [0.5, 0.6) is 0 Å². The van der Waals surface area contributed by atoms with Crippen LogP contribution in [0.4, 0.5) is 0 Å². The van der Waals surface area contributed by atoms with Gasteiger partial charge in [-0.15, -0.1) is 11.3 Å². The Morgan fingerprint density at radius 3 is 2.50 bits per heavy atom. The van der Waals surface area contributed by atoms with Gasteiger partial charge < -0.3 is 14.5 Å². The van der Waals surface area contributed by atoms with Gasteiger partial charge in [0.15, 0.2) is 0 Å². The van der Waals surface area contributed by atoms with E-state index >= 15 is 0 Å². The van der Waals surface area contributed by atoms with Gasteiger partial charge in [-0.25, -0.2) is 13.2 Å². The molecule has 0 aromatic carbocycles. The fraction of sp³-hybridized carbons (Fsp3) is 0.588. The van der Waals surface area contributed by atoms with Crippen LogP contribution in [0.1, 0.15) is 29.6 Å². The smallest absolute Gasteiger partial charge is 0.338 e. The van der Waals surface area contributed by atoms with Gasteiger partial charge in [-0.3, -0.25) is 9.59 Å². The molecule has 3 heterocycles. The highest BCUT2D eigenvalue weighted by molar-refractivity contribution is 7.91. The second kappa shape index (κ2) is 8.58. The summed E-state index contributed by atoms with van der Waals surface area (Å²) in [4.78, 5) is 38.9. The van der Waals surface area contributed by atoms with Gasteiger partial charge >= 0.3 is 5.97 Å². The van der Waals surface area contributed by atoms with E-state index in [1.165, 1.54) is 22.9 Å². The van der Waals surface area contributed by atoms with Crippen molar-refractivity contribution in [3.8, 4) is 0 Å². The first kappa shape index (κ1) is 20.7. The average Bonchev–Trinajstić information content (AvgIpc) is 3.35. The van der Waals surface area contributed by atoms with Crippen LogP contribution in [0.3, 0.4) is 0 Å². The van der Waals surface area contributed by atoms with Crippen molar-refractivity contribution in [3.63, 3.8) is 0 Å². The summed E-state index contributed by atoms with van der Waals surface area (Å²) in [6.07, 6.45) is 1.64. The second-order valence-corrected chi connectivity index (χ2v) is 9.74. The molecule has 0 atom stereocenters. The molecule has 11 heteroatoms. The third-order valence-electron chi connectivity index (χ3n) is 4.95. The van der Waals surface area contributed by atoms with Crippen molar-refractivity contribution in [2.75, 3.05) is 46.4 Å². The maximum absolute atomic E-state index is 12.8. The molecule has 2 amide bonds. The molecule has 154 valence electrons. The molecule has 2 aliphatic heterocycles. The number of methoxy groups -OCH3 is 1. The molecule has 0 unspecified atom stereocenters. The van der Waals surface area contributed by atoms with Gasteiger partial charge in [-0.05, 0) is 12.5 Å². The van der Waals surface area contributed by atoms with Crippen LogP contribution in [-0.2, 0) is 24.3 Å². The van der Waals surface area contributed by atoms with Crippen LogP contribution in [0.2, 0.25) is 0 Å². The number of nitrogens with zero attached hydrogens (tertiary/aromatic N) is 3. The number of amides is 2. The van der Waals surface area contributed by atoms with Gasteiger partial charge in [0.1, 0.15) is 4.21 Å². The van der Waals surface area contributed by atoms with E-state index in [2.05, 4.69) is 4.74 Å². The topological polar surface area (TPSA) is 104 Å². The summed E-state index contributed by atoms with van der Waals surface area (Å²) in [5.41, 5.74) is 0.205. The van der Waals surface area contributed by atoms with Crippen LogP contribution in [0.25, 0.3) is 0 Å². The molecule has 2 aliphatic rings. The predicted octanol–water partition coefficient (Wildman–Crippen LogP) is 0.380. The van der Waals surface area contributed by atoms with Crippen molar-refractivity contribution in [1.82, 2.24) is 14.1 Å². The number of thiophene rings is 1. The van der Waals surface area contributed by atoms with E-state index in [1.54, 1.807) is 9.80 Å². The van der Waals surface area contributed by atoms with Crippen molar-refractivity contribution in [1.29, 1.82) is 0 Å². The van der Waals surface area contributed by atoms with E-state index in [-0.39, 0.29) is 41.1 Å². The largest absolute Gasteiger partial charge is 0.465 e. The number of likely N-dealkylation sites (tertiary alicyclic amines) is 1. The maximum Gasteiger partial charge on any atom is 0.338 e. The van der Waals surface area contributed by atoms with E-state index in [1.807, 2.05) is 0 Å². The number of carbonyl (C=O) groups is 3. The van der Waals surface area contributed by atoms with Gasteiger partial charge in [0, 0.05) is 57.5 Å². The molecule has 0 N–H and O–H groups in total. The zero-order valence-electron chi connectivity index (χ0n) is 15.6. The predicted molar refractivity (Wildman–Crippen MR) is 101 cm³/mol. The average molecular weight is 430 g/mol. The minimum absolute atomic E-state index is 0.0687. The van der Waals surface area contributed by atoms with Crippen LogP contribution in [0, 0.1) is 0 Å². The molecule has 2 fully saturated rings. The summed E-state index contributed by atoms with van der Waals surface area (Å²) in [6.45, 7) is 2.13. The lowest BCUT2D eigenvalue weighted by molar-refractivity contribution is -0.133. The third-order valence-corrected chi connectivity index (χ3v) is 8.26. The van der Waals surface area contributed by atoms with E-state index in [0.717, 1.165) is 17.8 Å². The molecule has 0 radical (unpaired) electrons. The summed E-state index contributed by atoms with van der Waals surface area (Å²) < 4.78 is 31.5. The van der Waals surface area contributed by atoms with E-state index < -0.39 is 16.0 Å². The normalized spacial score (nSPS) is 18.5. The highest BCUT2D eigenvalue weighted by Gasteiger charge is 2.32. The lowest BCUT2D eigenvalue weighted by atomic mass is 10.3. The Labute approximate surface area is 167 Å². The van der Waals surface area contributed by atoms with Gasteiger partial charge in [-0.1, -0.05) is 0 Å². The Bertz CT molecular complexity index is 858. The first-order valence-electron chi connectivity index (χ1n) is 9.05. The highest BCUT2D eigenvalue weighted by Crippen LogP contribution is 2.25. The molecule has 2 saturated heterocycles. The Balaban J connectivity index is 1.53. The molecule has 1 aromatic rings. The minimum atomic E-state index is -3.71. The fourth-order valence-corrected chi connectivity index (χ4v) is 6.03. The molecule has 9 nitrogen and oxygen atoms in total. The van der Waals surface area contributed by atoms with Gasteiger partial charge in [0.2, 0.25) is 11.8 Å². The van der Waals surface area contributed by atoms with Crippen molar-refractivity contribution >= 4 is 39.1 Å².